The van der Waals surface area contributed by atoms with Crippen molar-refractivity contribution in [1.29, 1.82) is 0 Å². The number of hydrogen-bond acceptors (Lipinski definition) is 2. The SMILES string of the molecule is CC.Cc1ccc2c(cnn2C2CCN(C(=O)C3CC3)CC2)c1. The molecule has 0 spiro atoms. The predicted molar refractivity (Wildman–Crippen MR) is 93.4 cm³/mol. The van der Waals surface area contributed by atoms with E-state index in [0.717, 1.165) is 38.8 Å². The Morgan fingerprint density at radius 2 is 1.83 bits per heavy atom. The lowest BCUT2D eigenvalue weighted by molar-refractivity contribution is -0.133. The Hall–Kier alpha value is -1.84. The predicted octanol–water partition coefficient (Wildman–Crippen LogP) is 3.94. The maximum atomic E-state index is 12.1. The maximum Gasteiger partial charge on any atom is 0.225 e. The van der Waals surface area contributed by atoms with Gasteiger partial charge in [-0.05, 0) is 44.7 Å². The highest BCUT2D eigenvalue weighted by Gasteiger charge is 2.35. The number of piperidine rings is 1. The first kappa shape index (κ1) is 16.0. The molecule has 4 nitrogen and oxygen atoms in total. The molecule has 2 heterocycles. The first-order chi connectivity index (χ1) is 11.2. The van der Waals surface area contributed by atoms with E-state index in [0.29, 0.717) is 17.9 Å². The van der Waals surface area contributed by atoms with E-state index in [9.17, 15) is 4.79 Å². The first-order valence-electron chi connectivity index (χ1n) is 8.95. The van der Waals surface area contributed by atoms with Crippen LogP contribution in [-0.4, -0.2) is 33.7 Å². The quantitative estimate of drug-likeness (QED) is 0.842. The molecule has 0 N–H and O–H groups in total. The molecule has 0 radical (unpaired) electrons. The summed E-state index contributed by atoms with van der Waals surface area (Å²) in [5.74, 6) is 0.726. The first-order valence-corrected chi connectivity index (χ1v) is 8.95. The van der Waals surface area contributed by atoms with Crippen molar-refractivity contribution in [2.24, 2.45) is 5.92 Å². The fraction of sp³-hybridized carbons (Fsp3) is 0.579. The summed E-state index contributed by atoms with van der Waals surface area (Å²) in [5, 5.41) is 5.80. The van der Waals surface area contributed by atoms with Crippen LogP contribution in [0.25, 0.3) is 10.9 Å². The zero-order valence-corrected chi connectivity index (χ0v) is 14.5. The van der Waals surface area contributed by atoms with E-state index in [1.165, 1.54) is 16.5 Å². The number of aryl methyl sites for hydroxylation is 1. The fourth-order valence-electron chi connectivity index (χ4n) is 3.38. The van der Waals surface area contributed by atoms with Crippen molar-refractivity contribution in [2.75, 3.05) is 13.1 Å². The molecule has 1 aliphatic heterocycles. The van der Waals surface area contributed by atoms with Gasteiger partial charge < -0.3 is 4.90 Å². The third kappa shape index (κ3) is 3.26. The van der Waals surface area contributed by atoms with Crippen molar-refractivity contribution < 1.29 is 4.79 Å². The molecule has 2 aliphatic rings. The van der Waals surface area contributed by atoms with Gasteiger partial charge in [-0.25, -0.2) is 0 Å². The molecule has 124 valence electrons. The molecule has 23 heavy (non-hydrogen) atoms. The maximum absolute atomic E-state index is 12.1. The van der Waals surface area contributed by atoms with Gasteiger partial charge in [0.2, 0.25) is 5.91 Å². The van der Waals surface area contributed by atoms with Crippen LogP contribution in [0.4, 0.5) is 0 Å². The molecule has 1 aliphatic carbocycles. The van der Waals surface area contributed by atoms with E-state index >= 15 is 0 Å². The molecule has 1 aromatic carbocycles. The number of hydrogen-bond donors (Lipinski definition) is 0. The van der Waals surface area contributed by atoms with Crippen LogP contribution in [0, 0.1) is 12.8 Å². The van der Waals surface area contributed by atoms with Gasteiger partial charge in [0, 0.05) is 24.4 Å². The van der Waals surface area contributed by atoms with Gasteiger partial charge in [0.05, 0.1) is 17.8 Å². The smallest absolute Gasteiger partial charge is 0.225 e. The zero-order chi connectivity index (χ0) is 16.4. The van der Waals surface area contributed by atoms with Gasteiger partial charge in [0.25, 0.3) is 0 Å². The Morgan fingerprint density at radius 1 is 1.13 bits per heavy atom. The Labute approximate surface area is 138 Å². The standard InChI is InChI=1S/C17H21N3O.C2H6/c1-12-2-5-16-14(10-12)11-18-20(16)15-6-8-19(9-7-15)17(21)13-3-4-13;1-2/h2,5,10-11,13,15H,3-4,6-9H2,1H3;1-2H3. The van der Waals surface area contributed by atoms with Crippen LogP contribution in [-0.2, 0) is 4.79 Å². The van der Waals surface area contributed by atoms with Crippen molar-refractivity contribution in [3.05, 3.63) is 30.0 Å². The minimum Gasteiger partial charge on any atom is -0.342 e. The van der Waals surface area contributed by atoms with Crippen LogP contribution in [0.2, 0.25) is 0 Å². The molecule has 0 unspecified atom stereocenters. The molecule has 4 rings (SSSR count). The summed E-state index contributed by atoms with van der Waals surface area (Å²) in [6.45, 7) is 7.87. The number of likely N-dealkylation sites (tertiary alicyclic amines) is 1. The monoisotopic (exact) mass is 313 g/mol. The van der Waals surface area contributed by atoms with E-state index in [-0.39, 0.29) is 0 Å². The summed E-state index contributed by atoms with van der Waals surface area (Å²) < 4.78 is 2.16. The normalized spacial score (nSPS) is 18.7. The Morgan fingerprint density at radius 3 is 2.48 bits per heavy atom. The molecular formula is C19H27N3O. The Bertz CT molecular complexity index is 679. The van der Waals surface area contributed by atoms with Crippen molar-refractivity contribution in [2.45, 2.75) is 52.5 Å². The van der Waals surface area contributed by atoms with Crippen LogP contribution in [0.1, 0.15) is 51.1 Å². The van der Waals surface area contributed by atoms with Gasteiger partial charge in [0.15, 0.2) is 0 Å². The van der Waals surface area contributed by atoms with Crippen LogP contribution in [0.5, 0.6) is 0 Å². The highest BCUT2D eigenvalue weighted by Crippen LogP contribution is 2.33. The number of amides is 1. The highest BCUT2D eigenvalue weighted by atomic mass is 16.2. The molecule has 1 amide bonds. The molecule has 4 heteroatoms. The number of benzene rings is 1. The third-order valence-corrected chi connectivity index (χ3v) is 4.80. The van der Waals surface area contributed by atoms with Gasteiger partial charge in [-0.1, -0.05) is 25.5 Å². The Balaban J connectivity index is 0.000000753. The van der Waals surface area contributed by atoms with E-state index in [4.69, 9.17) is 0 Å². The van der Waals surface area contributed by atoms with Crippen LogP contribution >= 0.6 is 0 Å². The van der Waals surface area contributed by atoms with Gasteiger partial charge >= 0.3 is 0 Å². The minimum atomic E-state index is 0.343. The van der Waals surface area contributed by atoms with E-state index in [2.05, 4.69) is 39.8 Å². The second-order valence-electron chi connectivity index (χ2n) is 6.48. The van der Waals surface area contributed by atoms with E-state index < -0.39 is 0 Å². The summed E-state index contributed by atoms with van der Waals surface area (Å²) in [6, 6.07) is 6.92. The second kappa shape index (κ2) is 6.73. The molecule has 2 fully saturated rings. The number of carbonyl (C=O) groups is 1. The van der Waals surface area contributed by atoms with Crippen LogP contribution < -0.4 is 0 Å². The number of nitrogens with zero attached hydrogens (tertiary/aromatic N) is 3. The molecule has 2 aromatic rings. The summed E-state index contributed by atoms with van der Waals surface area (Å²) in [4.78, 5) is 14.2. The lowest BCUT2D eigenvalue weighted by Gasteiger charge is -2.32. The zero-order valence-electron chi connectivity index (χ0n) is 14.5. The fourth-order valence-corrected chi connectivity index (χ4v) is 3.38. The largest absolute Gasteiger partial charge is 0.342 e. The van der Waals surface area contributed by atoms with Crippen molar-refractivity contribution >= 4 is 16.8 Å². The highest BCUT2D eigenvalue weighted by molar-refractivity contribution is 5.81. The van der Waals surface area contributed by atoms with Gasteiger partial charge in [0.1, 0.15) is 0 Å². The van der Waals surface area contributed by atoms with Gasteiger partial charge in [-0.15, -0.1) is 0 Å². The average molecular weight is 313 g/mol. The van der Waals surface area contributed by atoms with Crippen LogP contribution in [0.15, 0.2) is 24.4 Å². The second-order valence-corrected chi connectivity index (χ2v) is 6.48. The lowest BCUT2D eigenvalue weighted by Crippen LogP contribution is -2.40. The topological polar surface area (TPSA) is 38.1 Å². The molecular weight excluding hydrogens is 286 g/mol. The molecule has 1 saturated carbocycles. The van der Waals surface area contributed by atoms with Crippen molar-refractivity contribution in [3.8, 4) is 0 Å². The number of fused-ring (bicyclic) bond motifs is 1. The van der Waals surface area contributed by atoms with Gasteiger partial charge in [-0.2, -0.15) is 5.10 Å². The number of rotatable bonds is 2. The van der Waals surface area contributed by atoms with Crippen LogP contribution in [0.3, 0.4) is 0 Å². The average Bonchev–Trinajstić information content (AvgIpc) is 3.36. The summed E-state index contributed by atoms with van der Waals surface area (Å²) in [7, 11) is 0. The Kier molecular flexibility index (Phi) is 4.69. The van der Waals surface area contributed by atoms with Crippen molar-refractivity contribution in [1.82, 2.24) is 14.7 Å². The lowest BCUT2D eigenvalue weighted by atomic mass is 10.0. The molecule has 1 aromatic heterocycles. The summed E-state index contributed by atoms with van der Waals surface area (Å²) >= 11 is 0. The molecule has 1 saturated heterocycles. The number of aromatic nitrogens is 2. The summed E-state index contributed by atoms with van der Waals surface area (Å²) in [6.07, 6.45) is 6.19. The number of carbonyl (C=O) groups excluding carboxylic acids is 1. The molecule has 0 bridgehead atoms. The van der Waals surface area contributed by atoms with E-state index in [1.807, 2.05) is 20.0 Å². The van der Waals surface area contributed by atoms with Crippen molar-refractivity contribution in [3.63, 3.8) is 0 Å². The van der Waals surface area contributed by atoms with Gasteiger partial charge in [-0.3, -0.25) is 9.48 Å². The minimum absolute atomic E-state index is 0.343. The summed E-state index contributed by atoms with van der Waals surface area (Å²) in [5.41, 5.74) is 2.49. The molecule has 0 atom stereocenters. The van der Waals surface area contributed by atoms with E-state index in [1.54, 1.807) is 0 Å². The third-order valence-electron chi connectivity index (χ3n) is 4.80.